The second kappa shape index (κ2) is 25.2. The van der Waals surface area contributed by atoms with Crippen LogP contribution in [0.1, 0.15) is 125 Å². The van der Waals surface area contributed by atoms with Crippen molar-refractivity contribution >= 4 is 52.5 Å². The molecule has 0 amide bonds. The largest absolute Gasteiger partial charge is 0.778 e. The van der Waals surface area contributed by atoms with Crippen molar-refractivity contribution in [3.63, 3.8) is 0 Å². The Hall–Kier alpha value is -0.850. The maximum absolute atomic E-state index is 11.7. The van der Waals surface area contributed by atoms with E-state index in [9.17, 15) is 18.9 Å². The maximum Gasteiger partial charge on any atom is 0.343 e. The number of nitrogen functional groups attached to an aromatic ring is 1. The van der Waals surface area contributed by atoms with E-state index in [0.717, 1.165) is 0 Å². The van der Waals surface area contributed by atoms with Crippen molar-refractivity contribution in [2.45, 2.75) is 155 Å². The Kier molecular flexibility index (Phi) is 21.8. The highest BCUT2D eigenvalue weighted by molar-refractivity contribution is 7.98. The summed E-state index contributed by atoms with van der Waals surface area (Å²) < 4.78 is 65.2. The van der Waals surface area contributed by atoms with Gasteiger partial charge in [0.2, 0.25) is 6.67 Å². The standard InChI is InChI=1S/C25H56N2.C14H20N5O11P3S/c1-7-13-19-26(20-14-8-2,21-15-9-3)25-27(22-16-10-4,23-17-11-5)24-18-12-6;1-24-14-27-8-6(3-25-31-29-32(20,21)5-33(22,23)30-31)26-12(9(8)28-14)19-4-16-7-10(15)17-13(34-2)18-11(7)19/h7-25H2,1-6H3;4,6,8-9,12,14H,3,5H2,1-2H3,(H,20,21)(H,22,23)(H2,15,17,18)/q+2;/p-2/t;6-,8-,9-,12-,14?/m.1/s1. The van der Waals surface area contributed by atoms with Crippen molar-refractivity contribution in [2.24, 2.45) is 0 Å². The summed E-state index contributed by atoms with van der Waals surface area (Å²) in [6.45, 7) is 22.8. The van der Waals surface area contributed by atoms with Gasteiger partial charge in [-0.05, 0) is 44.8 Å². The summed E-state index contributed by atoms with van der Waals surface area (Å²) in [6, 6.07) is 0. The van der Waals surface area contributed by atoms with Crippen molar-refractivity contribution in [3.05, 3.63) is 6.33 Å². The molecule has 0 aliphatic carbocycles. The molecular weight excluding hydrogens is 867 g/mol. The molecule has 0 aromatic carbocycles. The zero-order valence-corrected chi connectivity index (χ0v) is 41.3. The van der Waals surface area contributed by atoms with Gasteiger partial charge in [0.25, 0.3) is 6.48 Å². The van der Waals surface area contributed by atoms with Crippen LogP contribution in [0.15, 0.2) is 11.5 Å². The van der Waals surface area contributed by atoms with Gasteiger partial charge in [-0.3, -0.25) is 22.2 Å². The van der Waals surface area contributed by atoms with Gasteiger partial charge in [-0.2, -0.15) is 0 Å². The zero-order valence-electron chi connectivity index (χ0n) is 37.8. The highest BCUT2D eigenvalue weighted by atomic mass is 32.2. The molecule has 2 aromatic heterocycles. The number of hydrogen-bond acceptors (Lipinski definition) is 16. The quantitative estimate of drug-likeness (QED) is 0.0318. The second-order valence-electron chi connectivity index (χ2n) is 16.5. The number of unbranched alkanes of at least 4 members (excludes halogenated alkanes) is 6. The number of quaternary nitrogens is 2. The van der Waals surface area contributed by atoms with Crippen LogP contribution in [-0.4, -0.2) is 125 Å². The van der Waals surface area contributed by atoms with Crippen LogP contribution in [-0.2, 0) is 41.2 Å². The molecule has 18 nitrogen and oxygen atoms in total. The van der Waals surface area contributed by atoms with Crippen molar-refractivity contribution in [1.82, 2.24) is 19.5 Å². The van der Waals surface area contributed by atoms with Crippen LogP contribution < -0.4 is 15.5 Å². The molecule has 2 aromatic rings. The topological polar surface area (TPSA) is 214 Å². The maximum atomic E-state index is 11.7. The first kappa shape index (κ1) is 52.8. The molecule has 61 heavy (non-hydrogen) atoms. The molecule has 3 aliphatic rings. The van der Waals surface area contributed by atoms with Gasteiger partial charge in [0.1, 0.15) is 23.8 Å². The zero-order chi connectivity index (χ0) is 44.7. The summed E-state index contributed by atoms with van der Waals surface area (Å²) in [7, 11) is -10.6. The van der Waals surface area contributed by atoms with Crippen LogP contribution in [0.4, 0.5) is 5.82 Å². The molecule has 3 unspecified atom stereocenters. The van der Waals surface area contributed by atoms with Gasteiger partial charge in [-0.15, -0.1) is 0 Å². The van der Waals surface area contributed by atoms with Gasteiger partial charge in [-0.1, -0.05) is 91.8 Å². The fourth-order valence-corrected chi connectivity index (χ4v) is 14.4. The Morgan fingerprint density at radius 1 is 0.803 bits per heavy atom. The number of imidazole rings is 1. The van der Waals surface area contributed by atoms with Gasteiger partial charge in [0.05, 0.1) is 58.1 Å². The van der Waals surface area contributed by atoms with E-state index in [1.54, 1.807) is 10.8 Å². The summed E-state index contributed by atoms with van der Waals surface area (Å²) in [6.07, 6.45) is 16.7. The molecular formula is C39H74N7O11P3S. The van der Waals surface area contributed by atoms with Crippen molar-refractivity contribution in [2.75, 3.05) is 77.5 Å². The number of nitrogens with two attached hydrogens (primary N) is 1. The molecule has 0 spiro atoms. The van der Waals surface area contributed by atoms with Gasteiger partial charge >= 0.3 is 8.60 Å². The summed E-state index contributed by atoms with van der Waals surface area (Å²) in [5.41, 5.74) is 6.76. The lowest BCUT2D eigenvalue weighted by molar-refractivity contribution is -1.10. The second-order valence-corrected chi connectivity index (χ2v) is 22.9. The van der Waals surface area contributed by atoms with Crippen molar-refractivity contribution in [1.29, 1.82) is 0 Å². The van der Waals surface area contributed by atoms with E-state index in [0.29, 0.717) is 16.3 Å². The number of thioether (sulfide) groups is 1. The minimum absolute atomic E-state index is 0.194. The van der Waals surface area contributed by atoms with E-state index in [1.807, 2.05) is 0 Å². The number of methoxy groups -OCH3 is 1. The predicted octanol–water partition coefficient (Wildman–Crippen LogP) is 7.47. The first-order chi connectivity index (χ1) is 29.2. The highest BCUT2D eigenvalue weighted by Gasteiger charge is 2.54. The van der Waals surface area contributed by atoms with Gasteiger partial charge in [-0.25, -0.2) is 15.0 Å². The van der Waals surface area contributed by atoms with E-state index in [-0.39, 0.29) is 12.4 Å². The third kappa shape index (κ3) is 15.1. The summed E-state index contributed by atoms with van der Waals surface area (Å²) in [5.74, 6) is -1.04. The van der Waals surface area contributed by atoms with E-state index >= 15 is 0 Å². The lowest BCUT2D eigenvalue weighted by atomic mass is 10.1. The van der Waals surface area contributed by atoms with Crippen molar-refractivity contribution < 1.29 is 60.0 Å². The summed E-state index contributed by atoms with van der Waals surface area (Å²) in [4.78, 5) is 36.3. The summed E-state index contributed by atoms with van der Waals surface area (Å²) in [5, 5.41) is 0.429. The lowest BCUT2D eigenvalue weighted by Crippen LogP contribution is -2.64. The van der Waals surface area contributed by atoms with Crippen LogP contribution in [0.2, 0.25) is 0 Å². The van der Waals surface area contributed by atoms with Crippen LogP contribution in [0.5, 0.6) is 0 Å². The number of aromatic nitrogens is 4. The van der Waals surface area contributed by atoms with Gasteiger partial charge in [0, 0.05) is 7.11 Å². The number of rotatable bonds is 26. The molecule has 5 heterocycles. The monoisotopic (exact) mass is 941 g/mol. The molecule has 0 saturated carbocycles. The SMILES string of the molecule is CCCC[N+](CCCC)(CCCC)C[N+](CCCC)(CCCC)CCCC.COC1O[C@@H]2[C@H](O1)[C@@H](COP1OP(=O)([O-])CP(=O)([O-])O1)O[C@H]2n1cnc2c(N)nc(SC)nc21. The van der Waals surface area contributed by atoms with E-state index in [1.165, 1.54) is 157 Å². The Balaban J connectivity index is 0.000000278. The third-order valence-corrected chi connectivity index (χ3v) is 18.2. The minimum Gasteiger partial charge on any atom is -0.778 e. The third-order valence-electron chi connectivity index (χ3n) is 11.5. The number of anilines is 1. The average molecular weight is 942 g/mol. The first-order valence-electron chi connectivity index (χ1n) is 22.3. The van der Waals surface area contributed by atoms with E-state index in [2.05, 4.69) is 65.1 Å². The Labute approximate surface area is 369 Å². The minimum atomic E-state index is -4.66. The predicted molar refractivity (Wildman–Crippen MR) is 235 cm³/mol. The molecule has 0 radical (unpaired) electrons. The molecule has 0 bridgehead atoms. The molecule has 22 heteroatoms. The fraction of sp³-hybridized carbons (Fsp3) is 0.872. The van der Waals surface area contributed by atoms with Crippen LogP contribution in [0.3, 0.4) is 0 Å². The highest BCUT2D eigenvalue weighted by Crippen LogP contribution is 2.72. The molecule has 3 aliphatic heterocycles. The van der Waals surface area contributed by atoms with E-state index in [4.69, 9.17) is 29.2 Å². The normalized spacial score (nSPS) is 28.0. The smallest absolute Gasteiger partial charge is 0.343 e. The Morgan fingerprint density at radius 2 is 1.28 bits per heavy atom. The average Bonchev–Trinajstić information content (AvgIpc) is 3.94. The van der Waals surface area contributed by atoms with Crippen molar-refractivity contribution in [3.8, 4) is 0 Å². The number of hydrogen-bond donors (Lipinski definition) is 1. The number of ether oxygens (including phenoxy) is 4. The fourth-order valence-electron chi connectivity index (χ4n) is 8.33. The first-order valence-corrected chi connectivity index (χ1v) is 28.1. The van der Waals surface area contributed by atoms with E-state index < -0.39 is 60.7 Å². The molecule has 3 saturated heterocycles. The molecule has 5 rings (SSSR count). The Bertz CT molecular complexity index is 1620. The molecule has 7 atom stereocenters. The number of fused-ring (bicyclic) bond motifs is 2. The van der Waals surface area contributed by atoms with Gasteiger partial charge < -0.3 is 48.1 Å². The number of nitrogens with zero attached hydrogens (tertiary/aromatic N) is 6. The van der Waals surface area contributed by atoms with Crippen LogP contribution in [0, 0.1) is 0 Å². The van der Waals surface area contributed by atoms with Crippen LogP contribution >= 0.6 is 35.6 Å². The summed E-state index contributed by atoms with van der Waals surface area (Å²) >= 11 is 1.30. The molecule has 3 fully saturated rings. The van der Waals surface area contributed by atoms with Gasteiger partial charge in [0.15, 0.2) is 38.0 Å². The molecule has 352 valence electrons. The Morgan fingerprint density at radius 3 is 1.72 bits per heavy atom. The lowest BCUT2D eigenvalue weighted by Gasteiger charge is -2.48. The van der Waals surface area contributed by atoms with Crippen LogP contribution in [0.25, 0.3) is 11.2 Å². The molecule has 2 N–H and O–H groups in total.